The van der Waals surface area contributed by atoms with Crippen molar-refractivity contribution in [2.75, 3.05) is 18.5 Å². The molecule has 2 N–H and O–H groups in total. The van der Waals surface area contributed by atoms with E-state index in [0.29, 0.717) is 18.4 Å². The number of hydrogen-bond donors (Lipinski definition) is 2. The number of nitrogens with zero attached hydrogens (tertiary/aromatic N) is 4. The number of ether oxygens (including phenoxy) is 1. The first kappa shape index (κ1) is 23.5. The standard InChI is InChI=1S/C18H21N5O2.C2HF3O2/c24-18(22-17-10-20-5-6-21-17)14-8-16-15(3-7-25-16)23(12-14)11-13-2-1-4-19-9-13;3-2(4,5)1(6)7/h1-2,4-6,9-10,14-16H,3,7-8,11-12H2,(H,21,22,24);(H,6,7)/t14-,15+,16+;/m0./s1. The van der Waals surface area contributed by atoms with Gasteiger partial charge in [-0.3, -0.25) is 19.7 Å². The number of carbonyl (C=O) groups excluding carboxylic acids is 1. The highest BCUT2D eigenvalue weighted by Gasteiger charge is 2.42. The fraction of sp³-hybridized carbons (Fsp3) is 0.450. The number of halogens is 3. The van der Waals surface area contributed by atoms with Gasteiger partial charge in [0.15, 0.2) is 5.82 Å². The first-order valence-corrected chi connectivity index (χ1v) is 9.85. The van der Waals surface area contributed by atoms with Gasteiger partial charge < -0.3 is 15.2 Å². The number of likely N-dealkylation sites (tertiary alicyclic amines) is 1. The first-order chi connectivity index (χ1) is 15.2. The van der Waals surface area contributed by atoms with Gasteiger partial charge in [-0.25, -0.2) is 9.78 Å². The van der Waals surface area contributed by atoms with Gasteiger partial charge in [0.05, 0.1) is 18.2 Å². The smallest absolute Gasteiger partial charge is 0.475 e. The SMILES string of the molecule is O=C(Nc1cnccn1)[C@H]1C[C@H]2OCC[C@H]2N(Cc2cccnc2)C1.O=C(O)C(F)(F)F. The third kappa shape index (κ3) is 6.44. The van der Waals surface area contributed by atoms with E-state index in [1.807, 2.05) is 12.3 Å². The predicted molar refractivity (Wildman–Crippen MR) is 105 cm³/mol. The number of aromatic nitrogens is 3. The van der Waals surface area contributed by atoms with Crippen molar-refractivity contribution in [2.24, 2.45) is 5.92 Å². The van der Waals surface area contributed by atoms with Crippen LogP contribution in [-0.4, -0.2) is 68.3 Å². The van der Waals surface area contributed by atoms with Crippen LogP contribution in [0.5, 0.6) is 0 Å². The Bertz CT molecular complexity index is 901. The molecule has 0 saturated carbocycles. The summed E-state index contributed by atoms with van der Waals surface area (Å²) in [5, 5.41) is 9.99. The third-order valence-corrected chi connectivity index (χ3v) is 5.15. The molecular formula is C20H22F3N5O4. The monoisotopic (exact) mass is 453 g/mol. The molecule has 2 aliphatic rings. The highest BCUT2D eigenvalue weighted by molar-refractivity contribution is 5.91. The number of aliphatic carboxylic acids is 1. The van der Waals surface area contributed by atoms with Crippen LogP contribution in [0.2, 0.25) is 0 Å². The number of alkyl halides is 3. The lowest BCUT2D eigenvalue weighted by Gasteiger charge is -2.40. The van der Waals surface area contributed by atoms with Crippen LogP contribution in [0.15, 0.2) is 43.1 Å². The fourth-order valence-electron chi connectivity index (χ4n) is 3.74. The van der Waals surface area contributed by atoms with Gasteiger partial charge in [0.2, 0.25) is 5.91 Å². The van der Waals surface area contributed by atoms with Crippen molar-refractivity contribution in [3.63, 3.8) is 0 Å². The molecule has 1 amide bonds. The molecule has 12 heteroatoms. The summed E-state index contributed by atoms with van der Waals surface area (Å²) in [5.41, 5.74) is 1.16. The molecule has 2 fully saturated rings. The predicted octanol–water partition coefficient (Wildman–Crippen LogP) is 2.12. The van der Waals surface area contributed by atoms with Crippen LogP contribution >= 0.6 is 0 Å². The summed E-state index contributed by atoms with van der Waals surface area (Å²) in [4.78, 5) is 36.2. The number of pyridine rings is 1. The molecule has 0 bridgehead atoms. The minimum Gasteiger partial charge on any atom is -0.475 e. The van der Waals surface area contributed by atoms with Crippen molar-refractivity contribution in [3.8, 4) is 0 Å². The molecule has 4 rings (SSSR count). The molecule has 0 radical (unpaired) electrons. The summed E-state index contributed by atoms with van der Waals surface area (Å²) < 4.78 is 37.6. The third-order valence-electron chi connectivity index (χ3n) is 5.15. The molecule has 32 heavy (non-hydrogen) atoms. The Kier molecular flexibility index (Phi) is 7.70. The zero-order chi connectivity index (χ0) is 23.1. The lowest BCUT2D eigenvalue weighted by atomic mass is 9.89. The van der Waals surface area contributed by atoms with Crippen LogP contribution in [0.4, 0.5) is 19.0 Å². The topological polar surface area (TPSA) is 118 Å². The number of rotatable bonds is 4. The van der Waals surface area contributed by atoms with Crippen molar-refractivity contribution >= 4 is 17.7 Å². The Morgan fingerprint density at radius 1 is 1.22 bits per heavy atom. The average Bonchev–Trinajstić information content (AvgIpc) is 3.24. The summed E-state index contributed by atoms with van der Waals surface area (Å²) >= 11 is 0. The highest BCUT2D eigenvalue weighted by Crippen LogP contribution is 2.32. The molecule has 0 aliphatic carbocycles. The Morgan fingerprint density at radius 2 is 1.97 bits per heavy atom. The van der Waals surface area contributed by atoms with E-state index in [1.165, 1.54) is 0 Å². The molecule has 2 aliphatic heterocycles. The number of fused-ring (bicyclic) bond motifs is 1. The van der Waals surface area contributed by atoms with Gasteiger partial charge in [-0.2, -0.15) is 13.2 Å². The number of carbonyl (C=O) groups is 2. The molecule has 0 unspecified atom stereocenters. The highest BCUT2D eigenvalue weighted by atomic mass is 19.4. The molecule has 172 valence electrons. The zero-order valence-electron chi connectivity index (χ0n) is 16.9. The number of carboxylic acid groups (broad SMARTS) is 1. The number of nitrogens with one attached hydrogen (secondary N) is 1. The molecule has 4 heterocycles. The molecule has 0 spiro atoms. The summed E-state index contributed by atoms with van der Waals surface area (Å²) in [6.07, 6.45) is 5.17. The number of hydrogen-bond acceptors (Lipinski definition) is 7. The Hall–Kier alpha value is -3.12. The van der Waals surface area contributed by atoms with Crippen molar-refractivity contribution in [3.05, 3.63) is 48.7 Å². The van der Waals surface area contributed by atoms with E-state index in [2.05, 4.69) is 31.2 Å². The molecule has 2 aromatic rings. The van der Waals surface area contributed by atoms with E-state index in [1.54, 1.807) is 24.8 Å². The molecule has 0 aromatic carbocycles. The minimum atomic E-state index is -5.08. The number of anilines is 1. The first-order valence-electron chi connectivity index (χ1n) is 9.85. The Balaban J connectivity index is 0.000000360. The van der Waals surface area contributed by atoms with E-state index in [0.717, 1.165) is 31.6 Å². The van der Waals surface area contributed by atoms with Gasteiger partial charge in [0.25, 0.3) is 0 Å². The van der Waals surface area contributed by atoms with Gasteiger partial charge >= 0.3 is 12.1 Å². The second-order valence-electron chi connectivity index (χ2n) is 7.37. The maximum absolute atomic E-state index is 12.7. The Labute approximate surface area is 181 Å². The quantitative estimate of drug-likeness (QED) is 0.723. The molecule has 2 aromatic heterocycles. The van der Waals surface area contributed by atoms with Crippen molar-refractivity contribution in [1.29, 1.82) is 0 Å². The van der Waals surface area contributed by atoms with Crippen LogP contribution in [0.25, 0.3) is 0 Å². The minimum absolute atomic E-state index is 0.0226. The van der Waals surface area contributed by atoms with Crippen molar-refractivity contribution in [1.82, 2.24) is 19.9 Å². The molecule has 9 nitrogen and oxygen atoms in total. The normalized spacial score (nSPS) is 22.9. The second-order valence-corrected chi connectivity index (χ2v) is 7.37. The summed E-state index contributed by atoms with van der Waals surface area (Å²) in [6.45, 7) is 2.26. The van der Waals surface area contributed by atoms with Crippen LogP contribution in [0, 0.1) is 5.92 Å². The molecular weight excluding hydrogens is 431 g/mol. The van der Waals surface area contributed by atoms with Gasteiger partial charge in [-0.15, -0.1) is 0 Å². The van der Waals surface area contributed by atoms with Gasteiger partial charge in [0.1, 0.15) is 0 Å². The second kappa shape index (κ2) is 10.5. The number of amides is 1. The number of piperidine rings is 1. The van der Waals surface area contributed by atoms with Crippen LogP contribution in [0.1, 0.15) is 18.4 Å². The van der Waals surface area contributed by atoms with E-state index < -0.39 is 12.1 Å². The van der Waals surface area contributed by atoms with E-state index in [9.17, 15) is 18.0 Å². The van der Waals surface area contributed by atoms with E-state index >= 15 is 0 Å². The maximum Gasteiger partial charge on any atom is 0.490 e. The Morgan fingerprint density at radius 3 is 2.59 bits per heavy atom. The lowest BCUT2D eigenvalue weighted by Crippen LogP contribution is -2.51. The zero-order valence-corrected chi connectivity index (χ0v) is 16.9. The molecule has 2 saturated heterocycles. The van der Waals surface area contributed by atoms with E-state index in [4.69, 9.17) is 14.6 Å². The lowest BCUT2D eigenvalue weighted by molar-refractivity contribution is -0.192. The summed E-state index contributed by atoms with van der Waals surface area (Å²) in [6, 6.07) is 4.39. The van der Waals surface area contributed by atoms with Gasteiger partial charge in [-0.05, 0) is 24.5 Å². The van der Waals surface area contributed by atoms with Gasteiger partial charge in [-0.1, -0.05) is 6.07 Å². The number of carboxylic acids is 1. The summed E-state index contributed by atoms with van der Waals surface area (Å²) in [7, 11) is 0. The largest absolute Gasteiger partial charge is 0.490 e. The summed E-state index contributed by atoms with van der Waals surface area (Å²) in [5.74, 6) is -2.42. The van der Waals surface area contributed by atoms with Crippen LogP contribution in [0.3, 0.4) is 0 Å². The molecule has 3 atom stereocenters. The van der Waals surface area contributed by atoms with Crippen LogP contribution in [-0.2, 0) is 20.9 Å². The van der Waals surface area contributed by atoms with Crippen molar-refractivity contribution < 1.29 is 32.6 Å². The van der Waals surface area contributed by atoms with Crippen molar-refractivity contribution in [2.45, 2.75) is 37.7 Å². The van der Waals surface area contributed by atoms with Gasteiger partial charge in [0, 0.05) is 50.5 Å². The maximum atomic E-state index is 12.7. The van der Waals surface area contributed by atoms with E-state index in [-0.39, 0.29) is 17.9 Å². The fourth-order valence-corrected chi connectivity index (χ4v) is 3.74. The van der Waals surface area contributed by atoms with Crippen LogP contribution < -0.4 is 5.32 Å². The average molecular weight is 453 g/mol.